The van der Waals surface area contributed by atoms with Crippen LogP contribution in [-0.2, 0) is 22.5 Å². The minimum Gasteiger partial charge on any atom is -0.482 e. The van der Waals surface area contributed by atoms with Crippen LogP contribution in [0.3, 0.4) is 0 Å². The summed E-state index contributed by atoms with van der Waals surface area (Å²) in [5.74, 6) is 0.795. The molecule has 0 aromatic heterocycles. The molecule has 1 saturated carbocycles. The quantitative estimate of drug-likeness (QED) is 0.357. The largest absolute Gasteiger partial charge is 0.482 e. The summed E-state index contributed by atoms with van der Waals surface area (Å²) in [5.41, 5.74) is 4.68. The number of aliphatic carboxylic acids is 1. The van der Waals surface area contributed by atoms with Gasteiger partial charge in [-0.05, 0) is 74.1 Å². The van der Waals surface area contributed by atoms with E-state index in [9.17, 15) is 4.79 Å². The number of nitrogens with zero attached hydrogens (tertiary/aromatic N) is 1. The smallest absolute Gasteiger partial charge is 0.341 e. The summed E-state index contributed by atoms with van der Waals surface area (Å²) >= 11 is 0. The lowest BCUT2D eigenvalue weighted by molar-refractivity contribution is -0.139. The highest BCUT2D eigenvalue weighted by Gasteiger charge is 2.27. The lowest BCUT2D eigenvalue weighted by Gasteiger charge is -2.29. The van der Waals surface area contributed by atoms with E-state index >= 15 is 0 Å². The Balaban J connectivity index is 1.38. The molecule has 2 aliphatic carbocycles. The van der Waals surface area contributed by atoms with Crippen molar-refractivity contribution in [2.75, 3.05) is 6.61 Å². The molecule has 0 spiro atoms. The van der Waals surface area contributed by atoms with Gasteiger partial charge in [-0.15, -0.1) is 0 Å². The van der Waals surface area contributed by atoms with Gasteiger partial charge in [0.15, 0.2) is 12.7 Å². The van der Waals surface area contributed by atoms with E-state index in [1.165, 1.54) is 43.2 Å². The van der Waals surface area contributed by atoms with Crippen molar-refractivity contribution in [3.05, 3.63) is 65.2 Å². The Hall–Kier alpha value is -2.82. The number of oxime groups is 1. The number of ether oxygens (including phenoxy) is 1. The Labute approximate surface area is 196 Å². The minimum atomic E-state index is -0.949. The summed E-state index contributed by atoms with van der Waals surface area (Å²) in [7, 11) is 0. The highest BCUT2D eigenvalue weighted by Crippen LogP contribution is 2.37. The topological polar surface area (TPSA) is 68.1 Å². The lowest BCUT2D eigenvalue weighted by Crippen LogP contribution is -2.20. The molecule has 0 aliphatic heterocycles. The molecule has 0 amide bonds. The zero-order valence-corrected chi connectivity index (χ0v) is 19.5. The highest BCUT2D eigenvalue weighted by molar-refractivity contribution is 5.81. The van der Waals surface area contributed by atoms with Gasteiger partial charge in [-0.1, -0.05) is 66.9 Å². The van der Waals surface area contributed by atoms with E-state index < -0.39 is 5.97 Å². The van der Waals surface area contributed by atoms with Crippen molar-refractivity contribution in [2.24, 2.45) is 17.0 Å². The van der Waals surface area contributed by atoms with Gasteiger partial charge in [-0.25, -0.2) is 4.79 Å². The summed E-state index contributed by atoms with van der Waals surface area (Å²) in [6.45, 7) is 1.78. The molecule has 1 N–H and O–H groups in total. The molecule has 5 heteroatoms. The molecule has 0 bridgehead atoms. The average Bonchev–Trinajstić information content (AvgIpc) is 2.84. The second kappa shape index (κ2) is 11.4. The van der Waals surface area contributed by atoms with Gasteiger partial charge < -0.3 is 14.7 Å². The van der Waals surface area contributed by atoms with Crippen molar-refractivity contribution in [3.8, 4) is 5.75 Å². The van der Waals surface area contributed by atoms with Gasteiger partial charge in [0.1, 0.15) is 5.75 Å². The molecule has 2 atom stereocenters. The molecule has 2 aromatic carbocycles. The molecule has 176 valence electrons. The van der Waals surface area contributed by atoms with Crippen LogP contribution in [0.1, 0.15) is 74.7 Å². The third kappa shape index (κ3) is 6.37. The molecule has 33 heavy (non-hydrogen) atoms. The van der Waals surface area contributed by atoms with Crippen molar-refractivity contribution in [1.29, 1.82) is 0 Å². The Morgan fingerprint density at radius 2 is 1.85 bits per heavy atom. The molecular weight excluding hydrogens is 414 g/mol. The van der Waals surface area contributed by atoms with Crippen molar-refractivity contribution in [3.63, 3.8) is 0 Å². The van der Waals surface area contributed by atoms with Gasteiger partial charge in [0.25, 0.3) is 0 Å². The second-order valence-corrected chi connectivity index (χ2v) is 9.55. The normalized spacial score (nSPS) is 20.0. The molecule has 2 aromatic rings. The maximum absolute atomic E-state index is 10.9. The van der Waals surface area contributed by atoms with Gasteiger partial charge in [-0.2, -0.15) is 0 Å². The number of benzene rings is 2. The molecule has 4 rings (SSSR count). The van der Waals surface area contributed by atoms with Gasteiger partial charge in [-0.3, -0.25) is 0 Å². The Morgan fingerprint density at radius 1 is 1.06 bits per heavy atom. The first-order valence-electron chi connectivity index (χ1n) is 12.3. The maximum atomic E-state index is 10.9. The van der Waals surface area contributed by atoms with Gasteiger partial charge in [0.05, 0.1) is 5.71 Å². The first-order valence-corrected chi connectivity index (χ1v) is 12.3. The first kappa shape index (κ1) is 23.3. The fraction of sp³-hybridized carbons (Fsp3) is 0.500. The van der Waals surface area contributed by atoms with E-state index in [1.54, 1.807) is 0 Å². The number of carbonyl (C=O) groups is 1. The molecule has 0 radical (unpaired) electrons. The van der Waals surface area contributed by atoms with E-state index in [0.717, 1.165) is 37.0 Å². The fourth-order valence-corrected chi connectivity index (χ4v) is 5.40. The summed E-state index contributed by atoms with van der Waals surface area (Å²) in [6.07, 6.45) is 10.1. The number of hydrogen-bond donors (Lipinski definition) is 1. The first-order chi connectivity index (χ1) is 16.1. The molecule has 0 heterocycles. The van der Waals surface area contributed by atoms with Crippen LogP contribution in [0, 0.1) is 11.8 Å². The number of rotatable bonds is 9. The fourth-order valence-electron chi connectivity index (χ4n) is 5.40. The highest BCUT2D eigenvalue weighted by atomic mass is 16.6. The van der Waals surface area contributed by atoms with Crippen LogP contribution in [0.15, 0.2) is 53.7 Å². The third-order valence-corrected chi connectivity index (χ3v) is 7.00. The number of fused-ring (bicyclic) bond motifs is 1. The summed E-state index contributed by atoms with van der Waals surface area (Å²) in [6, 6.07) is 16.5. The number of carboxylic acids is 1. The molecule has 1 fully saturated rings. The number of hydrogen-bond acceptors (Lipinski definition) is 4. The van der Waals surface area contributed by atoms with Crippen LogP contribution in [0.25, 0.3) is 0 Å². The summed E-state index contributed by atoms with van der Waals surface area (Å²) in [5, 5.41) is 13.5. The van der Waals surface area contributed by atoms with E-state index in [0.29, 0.717) is 17.6 Å². The second-order valence-electron chi connectivity index (χ2n) is 9.55. The van der Waals surface area contributed by atoms with Crippen LogP contribution in [0.4, 0.5) is 0 Å². The standard InChI is InChI=1S/C28H35NO4/c1-20(29-33-28(22-9-4-2-5-10-22)23-11-6-3-7-12-23)17-21-15-16-25-24(18-21)13-8-14-26(25)32-19-27(30)31/h2,4-5,8-10,13-14,21,23,28H,3,6-7,11-12,15-19H2,1H3,(H,30,31)/b29-20-. The monoisotopic (exact) mass is 449 g/mol. The molecule has 2 unspecified atom stereocenters. The van der Waals surface area contributed by atoms with Crippen LogP contribution >= 0.6 is 0 Å². The SMILES string of the molecule is C/C(CC1CCc2c(cccc2OCC(=O)O)C1)=N/OC(c1ccccc1)C1CCCCC1. The van der Waals surface area contributed by atoms with Crippen molar-refractivity contribution >= 4 is 11.7 Å². The molecule has 5 nitrogen and oxygen atoms in total. The van der Waals surface area contributed by atoms with E-state index in [4.69, 9.17) is 14.7 Å². The predicted octanol–water partition coefficient (Wildman–Crippen LogP) is 6.36. The lowest BCUT2D eigenvalue weighted by atomic mass is 9.81. The molecule has 0 saturated heterocycles. The number of carboxylic acid groups (broad SMARTS) is 1. The Morgan fingerprint density at radius 3 is 2.61 bits per heavy atom. The van der Waals surface area contributed by atoms with E-state index in [2.05, 4.69) is 48.5 Å². The summed E-state index contributed by atoms with van der Waals surface area (Å²) in [4.78, 5) is 17.1. The van der Waals surface area contributed by atoms with Crippen LogP contribution in [0.2, 0.25) is 0 Å². The summed E-state index contributed by atoms with van der Waals surface area (Å²) < 4.78 is 5.50. The average molecular weight is 450 g/mol. The molecule has 2 aliphatic rings. The third-order valence-electron chi connectivity index (χ3n) is 7.00. The predicted molar refractivity (Wildman–Crippen MR) is 130 cm³/mol. The van der Waals surface area contributed by atoms with Crippen molar-refractivity contribution < 1.29 is 19.5 Å². The van der Waals surface area contributed by atoms with Crippen LogP contribution < -0.4 is 4.74 Å². The van der Waals surface area contributed by atoms with Gasteiger partial charge in [0.2, 0.25) is 0 Å². The van der Waals surface area contributed by atoms with E-state index in [-0.39, 0.29) is 12.7 Å². The minimum absolute atomic E-state index is 0.0301. The molecular formula is C28H35NO4. The Kier molecular flexibility index (Phi) is 8.03. The van der Waals surface area contributed by atoms with Crippen LogP contribution in [0.5, 0.6) is 5.75 Å². The van der Waals surface area contributed by atoms with E-state index in [1.807, 2.05) is 12.1 Å². The Bertz CT molecular complexity index is 950. The zero-order chi connectivity index (χ0) is 23.0. The maximum Gasteiger partial charge on any atom is 0.341 e. The van der Waals surface area contributed by atoms with Gasteiger partial charge >= 0.3 is 5.97 Å². The van der Waals surface area contributed by atoms with Crippen molar-refractivity contribution in [2.45, 2.75) is 70.8 Å². The zero-order valence-electron chi connectivity index (χ0n) is 19.5. The van der Waals surface area contributed by atoms with Gasteiger partial charge in [0, 0.05) is 5.92 Å². The van der Waals surface area contributed by atoms with Crippen LogP contribution in [-0.4, -0.2) is 23.4 Å². The van der Waals surface area contributed by atoms with Crippen molar-refractivity contribution in [1.82, 2.24) is 0 Å².